The Hall–Kier alpha value is -3.24. The largest absolute Gasteiger partial charge is 0.416 e. The van der Waals surface area contributed by atoms with Crippen LogP contribution in [0.1, 0.15) is 77.8 Å². The van der Waals surface area contributed by atoms with Gasteiger partial charge in [-0.1, -0.05) is 63.2 Å². The van der Waals surface area contributed by atoms with Gasteiger partial charge < -0.3 is 10.6 Å². The van der Waals surface area contributed by atoms with E-state index in [0.717, 1.165) is 24.5 Å². The molecule has 0 radical (unpaired) electrons. The Balaban J connectivity index is 1.51. The van der Waals surface area contributed by atoms with Gasteiger partial charge in [-0.3, -0.25) is 14.5 Å². The third kappa shape index (κ3) is 8.14. The Morgan fingerprint density at radius 1 is 1.02 bits per heavy atom. The van der Waals surface area contributed by atoms with E-state index in [1.165, 1.54) is 29.0 Å². The van der Waals surface area contributed by atoms with Gasteiger partial charge in [0.1, 0.15) is 16.7 Å². The molecule has 1 aromatic heterocycles. The van der Waals surface area contributed by atoms with Crippen molar-refractivity contribution in [3.63, 3.8) is 0 Å². The van der Waals surface area contributed by atoms with E-state index in [1.54, 1.807) is 11.4 Å². The third-order valence-corrected chi connectivity index (χ3v) is 7.70. The summed E-state index contributed by atoms with van der Waals surface area (Å²) in [6, 6.07) is 13.0. The summed E-state index contributed by atoms with van der Waals surface area (Å²) in [6.45, 7) is 8.13. The first kappa shape index (κ1) is 29.7. The quantitative estimate of drug-likeness (QED) is 0.344. The molecule has 214 valence electrons. The van der Waals surface area contributed by atoms with Crippen LogP contribution in [0.5, 0.6) is 0 Å². The number of benzene rings is 2. The van der Waals surface area contributed by atoms with Gasteiger partial charge in [-0.05, 0) is 47.4 Å². The number of thiazole rings is 1. The van der Waals surface area contributed by atoms with Gasteiger partial charge >= 0.3 is 6.18 Å². The number of aromatic nitrogens is 1. The molecule has 1 aliphatic rings. The first-order valence-corrected chi connectivity index (χ1v) is 14.3. The van der Waals surface area contributed by atoms with Crippen molar-refractivity contribution >= 4 is 23.2 Å². The van der Waals surface area contributed by atoms with Gasteiger partial charge in [0.25, 0.3) is 5.91 Å². The number of carbonyl (C=O) groups excluding carboxylic acids is 2. The second-order valence-corrected chi connectivity index (χ2v) is 12.2. The average Bonchev–Trinajstić information content (AvgIpc) is 3.26. The molecule has 0 saturated carbocycles. The van der Waals surface area contributed by atoms with E-state index in [0.29, 0.717) is 36.6 Å². The maximum atomic E-state index is 13.3. The number of nitrogens with one attached hydrogen (secondary N) is 2. The van der Waals surface area contributed by atoms with E-state index < -0.39 is 23.7 Å². The van der Waals surface area contributed by atoms with Gasteiger partial charge in [-0.25, -0.2) is 4.98 Å². The first-order chi connectivity index (χ1) is 18.9. The van der Waals surface area contributed by atoms with E-state index >= 15 is 0 Å². The molecule has 2 N–H and O–H groups in total. The summed E-state index contributed by atoms with van der Waals surface area (Å²) in [7, 11) is 0. The summed E-state index contributed by atoms with van der Waals surface area (Å²) < 4.78 is 40.0. The van der Waals surface area contributed by atoms with E-state index in [2.05, 4.69) is 48.5 Å². The fraction of sp³-hybridized carbons (Fsp3) is 0.433. The fourth-order valence-corrected chi connectivity index (χ4v) is 5.44. The zero-order valence-corrected chi connectivity index (χ0v) is 23.8. The summed E-state index contributed by atoms with van der Waals surface area (Å²) in [5.41, 5.74) is 2.30. The Morgan fingerprint density at radius 2 is 1.75 bits per heavy atom. The van der Waals surface area contributed by atoms with Crippen LogP contribution in [-0.4, -0.2) is 34.3 Å². The van der Waals surface area contributed by atoms with Gasteiger partial charge in [0.15, 0.2) is 0 Å². The number of rotatable bonds is 8. The number of nitrogens with zero attached hydrogens (tertiary/aromatic N) is 2. The van der Waals surface area contributed by atoms with Crippen molar-refractivity contribution < 1.29 is 22.8 Å². The molecule has 10 heteroatoms. The molecule has 0 spiro atoms. The second-order valence-electron chi connectivity index (χ2n) is 11.2. The number of halogens is 3. The molecule has 1 aliphatic heterocycles. The lowest BCUT2D eigenvalue weighted by Gasteiger charge is -2.23. The van der Waals surface area contributed by atoms with Crippen LogP contribution in [-0.2, 0) is 36.0 Å². The van der Waals surface area contributed by atoms with Crippen molar-refractivity contribution in [2.75, 3.05) is 6.54 Å². The predicted molar refractivity (Wildman–Crippen MR) is 150 cm³/mol. The maximum Gasteiger partial charge on any atom is 0.416 e. The van der Waals surface area contributed by atoms with Crippen molar-refractivity contribution in [2.24, 2.45) is 0 Å². The number of alkyl halides is 3. The molecule has 40 heavy (non-hydrogen) atoms. The second kappa shape index (κ2) is 12.5. The highest BCUT2D eigenvalue weighted by molar-refractivity contribution is 7.09. The molecule has 0 aliphatic carbocycles. The van der Waals surface area contributed by atoms with Gasteiger partial charge in [0, 0.05) is 25.0 Å². The van der Waals surface area contributed by atoms with Gasteiger partial charge in [0.05, 0.1) is 12.1 Å². The van der Waals surface area contributed by atoms with E-state index in [4.69, 9.17) is 0 Å². The van der Waals surface area contributed by atoms with Crippen LogP contribution in [0.3, 0.4) is 0 Å². The van der Waals surface area contributed by atoms with Crippen molar-refractivity contribution in [1.82, 2.24) is 20.5 Å². The topological polar surface area (TPSA) is 74.3 Å². The Bertz CT molecular complexity index is 1320. The minimum atomic E-state index is -4.42. The molecule has 2 amide bonds. The van der Waals surface area contributed by atoms with Crippen molar-refractivity contribution in [3.8, 4) is 0 Å². The molecule has 4 rings (SSSR count). The van der Waals surface area contributed by atoms with Crippen LogP contribution < -0.4 is 10.6 Å². The summed E-state index contributed by atoms with van der Waals surface area (Å²) in [4.78, 5) is 31.6. The lowest BCUT2D eigenvalue weighted by Crippen LogP contribution is -2.45. The van der Waals surface area contributed by atoms with E-state index in [9.17, 15) is 22.8 Å². The van der Waals surface area contributed by atoms with Crippen LogP contribution in [0, 0.1) is 0 Å². The van der Waals surface area contributed by atoms with Crippen molar-refractivity contribution in [3.05, 3.63) is 86.9 Å². The number of hydrogen-bond acceptors (Lipinski definition) is 5. The van der Waals surface area contributed by atoms with Gasteiger partial charge in [0.2, 0.25) is 5.91 Å². The van der Waals surface area contributed by atoms with Crippen LogP contribution in [0.15, 0.2) is 53.9 Å². The highest BCUT2D eigenvalue weighted by Crippen LogP contribution is 2.30. The number of hydrogen-bond donors (Lipinski definition) is 2. The molecule has 1 unspecified atom stereocenters. The molecule has 3 aromatic rings. The van der Waals surface area contributed by atoms with Gasteiger partial charge in [-0.2, -0.15) is 13.2 Å². The summed E-state index contributed by atoms with van der Waals surface area (Å²) in [5, 5.41) is 7.90. The SMILES string of the molecule is CC(C)(C)c1ccc(CN(Cc2cccc(C(F)(F)F)c2)Cc2nc(C(=O)NC3CCCCNC3=O)cs2)cc1. The highest BCUT2D eigenvalue weighted by Gasteiger charge is 2.30. The first-order valence-electron chi connectivity index (χ1n) is 13.4. The molecule has 0 bridgehead atoms. The zero-order chi connectivity index (χ0) is 28.9. The van der Waals surface area contributed by atoms with E-state index in [-0.39, 0.29) is 23.6 Å². The zero-order valence-electron chi connectivity index (χ0n) is 23.0. The number of carbonyl (C=O) groups is 2. The standard InChI is InChI=1S/C30H35F3N4O2S/c1-29(2,3)22-12-10-20(11-13-22)16-37(17-21-7-6-8-23(15-21)30(31,32)33)18-26-35-25(19-40-26)28(39)36-24-9-4-5-14-34-27(24)38/h6-8,10-13,15,19,24H,4-5,9,14,16-18H2,1-3H3,(H,34,38)(H,36,39). The minimum Gasteiger partial charge on any atom is -0.354 e. The molecular weight excluding hydrogens is 537 g/mol. The molecule has 1 fully saturated rings. The Labute approximate surface area is 237 Å². The lowest BCUT2D eigenvalue weighted by molar-refractivity contribution is -0.137. The normalized spacial score (nSPS) is 16.5. The Morgan fingerprint density at radius 3 is 2.45 bits per heavy atom. The minimum absolute atomic E-state index is 0.00550. The Kier molecular flexibility index (Phi) is 9.30. The summed E-state index contributed by atoms with van der Waals surface area (Å²) in [5.74, 6) is -0.599. The maximum absolute atomic E-state index is 13.3. The smallest absolute Gasteiger partial charge is 0.354 e. The van der Waals surface area contributed by atoms with E-state index in [1.807, 2.05) is 17.0 Å². The summed E-state index contributed by atoms with van der Waals surface area (Å²) in [6.07, 6.45) is -2.13. The van der Waals surface area contributed by atoms with Crippen LogP contribution in [0.2, 0.25) is 0 Å². The van der Waals surface area contributed by atoms with Crippen molar-refractivity contribution in [2.45, 2.75) is 77.3 Å². The predicted octanol–water partition coefficient (Wildman–Crippen LogP) is 6.06. The van der Waals surface area contributed by atoms with Crippen molar-refractivity contribution in [1.29, 1.82) is 0 Å². The molecule has 1 atom stereocenters. The molecule has 2 aromatic carbocycles. The number of amides is 2. The molecule has 1 saturated heterocycles. The fourth-order valence-electron chi connectivity index (χ4n) is 4.63. The molecule has 6 nitrogen and oxygen atoms in total. The average molecular weight is 573 g/mol. The lowest BCUT2D eigenvalue weighted by atomic mass is 9.87. The third-order valence-electron chi connectivity index (χ3n) is 6.87. The van der Waals surface area contributed by atoms with Crippen LogP contribution >= 0.6 is 11.3 Å². The van der Waals surface area contributed by atoms with Gasteiger partial charge in [-0.15, -0.1) is 11.3 Å². The monoisotopic (exact) mass is 572 g/mol. The van der Waals surface area contributed by atoms with Crippen LogP contribution in [0.25, 0.3) is 0 Å². The molecular formula is C30H35F3N4O2S. The summed E-state index contributed by atoms with van der Waals surface area (Å²) >= 11 is 1.31. The molecule has 2 heterocycles. The highest BCUT2D eigenvalue weighted by atomic mass is 32.1. The van der Waals surface area contributed by atoms with Crippen LogP contribution in [0.4, 0.5) is 13.2 Å².